The molecule has 0 bridgehead atoms. The van der Waals surface area contributed by atoms with E-state index in [0.29, 0.717) is 0 Å². The summed E-state index contributed by atoms with van der Waals surface area (Å²) in [6.45, 7) is 0.696. The minimum Gasteiger partial charge on any atom is -0.493 e. The molecule has 19 heteroatoms. The molecule has 2 aromatic heterocycles. The molecular formula is C26H19ClF8N8O2. The van der Waals surface area contributed by atoms with E-state index >= 15 is 8.78 Å². The van der Waals surface area contributed by atoms with E-state index in [1.54, 1.807) is 0 Å². The lowest BCUT2D eigenvalue weighted by Gasteiger charge is -2.21. The number of amides is 1. The van der Waals surface area contributed by atoms with E-state index in [1.165, 1.54) is 12.1 Å². The van der Waals surface area contributed by atoms with Crippen molar-refractivity contribution in [2.45, 2.75) is 37.4 Å². The number of carbonyl (C=O) groups excluding carboxylic acids is 1. The smallest absolute Gasteiger partial charge is 0.442 e. The number of rotatable bonds is 10. The molecule has 2 N–H and O–H groups in total. The van der Waals surface area contributed by atoms with Gasteiger partial charge in [-0.15, -0.1) is 10.2 Å². The molecule has 45 heavy (non-hydrogen) atoms. The number of carbonyl (C=O) groups is 1. The van der Waals surface area contributed by atoms with Gasteiger partial charge >= 0.3 is 18.0 Å². The molecule has 0 saturated heterocycles. The highest BCUT2D eigenvalue weighted by molar-refractivity contribution is 6.33. The van der Waals surface area contributed by atoms with E-state index in [0.717, 1.165) is 42.0 Å². The molecule has 1 atom stereocenters. The van der Waals surface area contributed by atoms with Crippen LogP contribution in [0.25, 0.3) is 16.9 Å². The number of benzene rings is 2. The van der Waals surface area contributed by atoms with E-state index < -0.39 is 63.7 Å². The maximum absolute atomic E-state index is 15.3. The van der Waals surface area contributed by atoms with E-state index in [9.17, 15) is 31.1 Å². The Bertz CT molecular complexity index is 1750. The minimum atomic E-state index is -4.73. The summed E-state index contributed by atoms with van der Waals surface area (Å²) in [4.78, 5) is 20.0. The lowest BCUT2D eigenvalue weighted by Crippen LogP contribution is -2.34. The van der Waals surface area contributed by atoms with Crippen LogP contribution in [-0.2, 0) is 5.66 Å². The Morgan fingerprint density at radius 2 is 1.69 bits per heavy atom. The van der Waals surface area contributed by atoms with Gasteiger partial charge in [-0.25, -0.2) is 8.78 Å². The summed E-state index contributed by atoms with van der Waals surface area (Å²) in [6.07, 6.45) is -8.30. The fourth-order valence-electron chi connectivity index (χ4n) is 4.19. The Hall–Kier alpha value is -4.61. The summed E-state index contributed by atoms with van der Waals surface area (Å²) >= 11 is 6.15. The SMILES string of the molecule is C[C@H](Nc1c(-c2c(F)cc(OCCCNC(=O)c3ccc(C4(C(F)(F)F)N=N4)cc3)cc2F)c(Cl)nc2ncnn12)C(F)(F)F. The van der Waals surface area contributed by atoms with Crippen LogP contribution in [0.1, 0.15) is 29.3 Å². The van der Waals surface area contributed by atoms with Crippen molar-refractivity contribution in [2.24, 2.45) is 10.2 Å². The molecule has 4 aromatic rings. The van der Waals surface area contributed by atoms with Crippen LogP contribution < -0.4 is 15.4 Å². The van der Waals surface area contributed by atoms with E-state index in [1.807, 2.05) is 0 Å². The zero-order valence-corrected chi connectivity index (χ0v) is 23.4. The van der Waals surface area contributed by atoms with Gasteiger partial charge in [0.25, 0.3) is 11.7 Å². The summed E-state index contributed by atoms with van der Waals surface area (Å²) in [5, 5.41) is 14.1. The molecule has 1 amide bonds. The fourth-order valence-corrected chi connectivity index (χ4v) is 4.45. The predicted octanol–water partition coefficient (Wildman–Crippen LogP) is 6.47. The summed E-state index contributed by atoms with van der Waals surface area (Å²) in [5.41, 5.74) is -4.08. The Labute approximate surface area is 252 Å². The maximum atomic E-state index is 15.3. The molecule has 0 unspecified atom stereocenters. The molecule has 0 radical (unpaired) electrons. The topological polar surface area (TPSA) is 118 Å². The third-order valence-corrected chi connectivity index (χ3v) is 6.89. The number of nitrogens with one attached hydrogen (secondary N) is 2. The van der Waals surface area contributed by atoms with Gasteiger partial charge in [0.2, 0.25) is 0 Å². The number of nitrogens with zero attached hydrogens (tertiary/aromatic N) is 6. The van der Waals surface area contributed by atoms with Crippen LogP contribution in [0.15, 0.2) is 53.0 Å². The van der Waals surface area contributed by atoms with Crippen molar-refractivity contribution in [2.75, 3.05) is 18.5 Å². The van der Waals surface area contributed by atoms with E-state index in [4.69, 9.17) is 16.3 Å². The van der Waals surface area contributed by atoms with Crippen LogP contribution in [0.4, 0.5) is 40.9 Å². The normalized spacial score (nSPS) is 14.8. The van der Waals surface area contributed by atoms with Crippen LogP contribution in [0.2, 0.25) is 5.15 Å². The second kappa shape index (κ2) is 11.7. The first-order valence-corrected chi connectivity index (χ1v) is 13.2. The average molecular weight is 663 g/mol. The molecule has 0 aliphatic carbocycles. The lowest BCUT2D eigenvalue weighted by molar-refractivity contribution is -0.166. The highest BCUT2D eigenvalue weighted by atomic mass is 35.5. The van der Waals surface area contributed by atoms with Crippen LogP contribution in [0.3, 0.4) is 0 Å². The highest BCUT2D eigenvalue weighted by Crippen LogP contribution is 2.52. The molecule has 1 aliphatic rings. The number of hydrogen-bond donors (Lipinski definition) is 2. The Morgan fingerprint density at radius 3 is 2.27 bits per heavy atom. The van der Waals surface area contributed by atoms with Gasteiger partial charge in [0.05, 0.1) is 17.7 Å². The van der Waals surface area contributed by atoms with Crippen molar-refractivity contribution in [3.8, 4) is 16.9 Å². The quantitative estimate of drug-likeness (QED) is 0.114. The Kier molecular flexibility index (Phi) is 8.28. The number of alkyl halides is 6. The number of anilines is 1. The first kappa shape index (κ1) is 31.8. The van der Waals surface area contributed by atoms with Gasteiger partial charge in [0.1, 0.15) is 40.7 Å². The van der Waals surface area contributed by atoms with E-state index in [2.05, 4.69) is 35.9 Å². The molecule has 238 valence electrons. The predicted molar refractivity (Wildman–Crippen MR) is 142 cm³/mol. The molecule has 10 nitrogen and oxygen atoms in total. The zero-order valence-electron chi connectivity index (χ0n) is 22.6. The first-order chi connectivity index (χ1) is 21.1. The number of fused-ring (bicyclic) bond motifs is 1. The second-order valence-corrected chi connectivity index (χ2v) is 10.0. The average Bonchev–Trinajstić information content (AvgIpc) is 3.66. The summed E-state index contributed by atoms with van der Waals surface area (Å²) < 4.78 is 116. The Balaban J connectivity index is 1.23. The van der Waals surface area contributed by atoms with E-state index in [-0.39, 0.29) is 42.2 Å². The number of ether oxygens (including phenoxy) is 1. The van der Waals surface area contributed by atoms with Gasteiger partial charge in [-0.2, -0.15) is 45.9 Å². The van der Waals surface area contributed by atoms with Crippen molar-refractivity contribution in [3.05, 3.63) is 70.6 Å². The molecule has 2 aromatic carbocycles. The number of halogens is 9. The van der Waals surface area contributed by atoms with Crippen molar-refractivity contribution < 1.29 is 44.7 Å². The van der Waals surface area contributed by atoms with Crippen LogP contribution >= 0.6 is 11.6 Å². The van der Waals surface area contributed by atoms with Crippen LogP contribution in [-0.4, -0.2) is 57.0 Å². The standard InChI is InChI=1S/C26H19ClF8N8O2/c1-12(25(30,31)32)39-21-19(20(27)40-23-37-11-38-43(21)23)18-16(28)9-15(10-17(18)29)45-8-2-7-36-22(44)13-3-5-14(6-4-13)24(41-42-24)26(33,34)35/h3-6,9-12,39H,2,7-8H2,1H3,(H,36,44)/t12-/m0/s1. The number of hydrogen-bond acceptors (Lipinski definition) is 8. The van der Waals surface area contributed by atoms with Crippen molar-refractivity contribution in [3.63, 3.8) is 0 Å². The van der Waals surface area contributed by atoms with Crippen molar-refractivity contribution in [1.29, 1.82) is 0 Å². The molecule has 1 aliphatic heterocycles. The molecular weight excluding hydrogens is 644 g/mol. The number of aromatic nitrogens is 4. The summed E-state index contributed by atoms with van der Waals surface area (Å²) in [7, 11) is 0. The van der Waals surface area contributed by atoms with Gasteiger partial charge in [-0.1, -0.05) is 23.7 Å². The van der Waals surface area contributed by atoms with Gasteiger partial charge in [0, 0.05) is 29.8 Å². The third-order valence-electron chi connectivity index (χ3n) is 6.61. The van der Waals surface area contributed by atoms with Crippen molar-refractivity contribution >= 4 is 29.1 Å². The van der Waals surface area contributed by atoms with Crippen LogP contribution in [0, 0.1) is 11.6 Å². The molecule has 0 saturated carbocycles. The van der Waals surface area contributed by atoms with Crippen LogP contribution in [0.5, 0.6) is 5.75 Å². The second-order valence-electron chi connectivity index (χ2n) is 9.67. The zero-order chi connectivity index (χ0) is 32.7. The molecule has 5 rings (SSSR count). The fraction of sp³-hybridized carbons (Fsp3) is 0.308. The molecule has 3 heterocycles. The maximum Gasteiger partial charge on any atom is 0.442 e. The van der Waals surface area contributed by atoms with Gasteiger partial charge in [-0.05, 0) is 25.5 Å². The monoisotopic (exact) mass is 662 g/mol. The molecule has 0 fully saturated rings. The van der Waals surface area contributed by atoms with Gasteiger partial charge in [0.15, 0.2) is 0 Å². The Morgan fingerprint density at radius 1 is 1.04 bits per heavy atom. The van der Waals surface area contributed by atoms with Crippen molar-refractivity contribution in [1.82, 2.24) is 24.9 Å². The first-order valence-electron chi connectivity index (χ1n) is 12.9. The summed E-state index contributed by atoms with van der Waals surface area (Å²) in [5.74, 6) is -4.03. The largest absolute Gasteiger partial charge is 0.493 e. The van der Waals surface area contributed by atoms with Gasteiger partial charge in [-0.3, -0.25) is 4.79 Å². The summed E-state index contributed by atoms with van der Waals surface area (Å²) in [6, 6.07) is 4.00. The molecule has 0 spiro atoms. The minimum absolute atomic E-state index is 0.0341. The van der Waals surface area contributed by atoms with Gasteiger partial charge < -0.3 is 15.4 Å². The third kappa shape index (κ3) is 6.31. The lowest BCUT2D eigenvalue weighted by atomic mass is 10.0. The highest BCUT2D eigenvalue weighted by Gasteiger charge is 2.65.